The highest BCUT2D eigenvalue weighted by Gasteiger charge is 2.27. The van der Waals surface area contributed by atoms with E-state index in [1.165, 1.54) is 16.2 Å². The summed E-state index contributed by atoms with van der Waals surface area (Å²) in [4.78, 5) is 40.3. The molecule has 0 radical (unpaired) electrons. The number of rotatable bonds is 7. The van der Waals surface area contributed by atoms with Crippen LogP contribution in [0.5, 0.6) is 0 Å². The minimum absolute atomic E-state index is 0.153. The molecule has 1 fully saturated rings. The van der Waals surface area contributed by atoms with Gasteiger partial charge in [0.25, 0.3) is 5.91 Å². The number of nitrogens with zero attached hydrogens (tertiary/aromatic N) is 1. The zero-order chi connectivity index (χ0) is 25.8. The van der Waals surface area contributed by atoms with Gasteiger partial charge in [-0.2, -0.15) is 0 Å². The summed E-state index contributed by atoms with van der Waals surface area (Å²) in [5, 5.41) is 2.81. The molecular weight excluding hydrogens is 484 g/mol. The topological polar surface area (TPSA) is 84.9 Å². The maximum Gasteiger partial charge on any atom is 0.410 e. The first-order valence-corrected chi connectivity index (χ1v) is 13.9. The van der Waals surface area contributed by atoms with Gasteiger partial charge in [-0.15, -0.1) is 22.7 Å². The van der Waals surface area contributed by atoms with E-state index in [1.54, 1.807) is 11.3 Å². The molecule has 1 aliphatic heterocycles. The third-order valence-corrected chi connectivity index (χ3v) is 7.93. The second kappa shape index (κ2) is 11.3. The molecule has 9 heteroatoms. The molecule has 2 amide bonds. The normalized spacial score (nSPS) is 15.3. The molecule has 0 atom stereocenters. The van der Waals surface area contributed by atoms with Crippen LogP contribution in [0.1, 0.15) is 81.8 Å². The molecule has 0 aromatic carbocycles. The van der Waals surface area contributed by atoms with Crippen molar-refractivity contribution in [1.82, 2.24) is 10.2 Å². The summed E-state index contributed by atoms with van der Waals surface area (Å²) < 4.78 is 13.0. The number of aryl methyl sites for hydroxylation is 1. The molecule has 1 saturated heterocycles. The van der Waals surface area contributed by atoms with Gasteiger partial charge in [0.2, 0.25) is 0 Å². The highest BCUT2D eigenvalue weighted by molar-refractivity contribution is 7.28. The van der Waals surface area contributed by atoms with Crippen LogP contribution in [0.2, 0.25) is 0 Å². The van der Waals surface area contributed by atoms with Gasteiger partial charge in [0.05, 0.1) is 11.3 Å². The Balaban J connectivity index is 1.41. The van der Waals surface area contributed by atoms with Gasteiger partial charge in [0.1, 0.15) is 11.2 Å². The fourth-order valence-electron chi connectivity index (χ4n) is 3.96. The third-order valence-electron chi connectivity index (χ3n) is 5.58. The second-order valence-electron chi connectivity index (χ2n) is 11.1. The van der Waals surface area contributed by atoms with E-state index in [4.69, 9.17) is 9.47 Å². The number of ether oxygens (including phenoxy) is 2. The number of hydrogen-bond acceptors (Lipinski definition) is 7. The summed E-state index contributed by atoms with van der Waals surface area (Å²) in [5.41, 5.74) is -0.977. The van der Waals surface area contributed by atoms with Gasteiger partial charge in [-0.05, 0) is 85.3 Å². The quantitative estimate of drug-likeness (QED) is 0.451. The smallest absolute Gasteiger partial charge is 0.410 e. The van der Waals surface area contributed by atoms with Gasteiger partial charge >= 0.3 is 12.1 Å². The van der Waals surface area contributed by atoms with Crippen LogP contribution in [0, 0.1) is 5.92 Å². The van der Waals surface area contributed by atoms with Crippen LogP contribution < -0.4 is 5.32 Å². The molecular formula is C26H38N2O5S2. The van der Waals surface area contributed by atoms with E-state index >= 15 is 0 Å². The SMILES string of the molecule is CC(C)(C)OC(=O)CCNC(=O)c1cc2sc(CCC3CCN(C(=O)OC(C)(C)C)CC3)cc2s1. The average molecular weight is 523 g/mol. The molecule has 0 saturated carbocycles. The molecule has 3 rings (SSSR count). The Kier molecular flexibility index (Phi) is 8.86. The summed E-state index contributed by atoms with van der Waals surface area (Å²) in [6, 6.07) is 4.13. The summed E-state index contributed by atoms with van der Waals surface area (Å²) in [6.07, 6.45) is 4.08. The molecule has 3 heterocycles. The number of carbonyl (C=O) groups excluding carboxylic acids is 3. The van der Waals surface area contributed by atoms with Crippen LogP contribution in [0.3, 0.4) is 0 Å². The van der Waals surface area contributed by atoms with Gasteiger partial charge < -0.3 is 19.7 Å². The summed E-state index contributed by atoms with van der Waals surface area (Å²) in [7, 11) is 0. The Bertz CT molecular complexity index is 1000. The molecule has 0 aliphatic carbocycles. The Morgan fingerprint density at radius 2 is 1.60 bits per heavy atom. The number of piperidine rings is 1. The van der Waals surface area contributed by atoms with Crippen LogP contribution in [0.15, 0.2) is 12.1 Å². The highest BCUT2D eigenvalue weighted by atomic mass is 32.1. The minimum atomic E-state index is -0.520. The van der Waals surface area contributed by atoms with Gasteiger partial charge in [0, 0.05) is 33.9 Å². The summed E-state index contributed by atoms with van der Waals surface area (Å²) in [5.74, 6) is 0.144. The number of hydrogen-bond donors (Lipinski definition) is 1. The molecule has 0 unspecified atom stereocenters. The van der Waals surface area contributed by atoms with Gasteiger partial charge in [-0.1, -0.05) is 0 Å². The molecule has 1 aliphatic rings. The van der Waals surface area contributed by atoms with Crippen molar-refractivity contribution in [1.29, 1.82) is 0 Å². The molecule has 35 heavy (non-hydrogen) atoms. The van der Waals surface area contributed by atoms with Crippen molar-refractivity contribution in [3.8, 4) is 0 Å². The van der Waals surface area contributed by atoms with E-state index in [2.05, 4.69) is 11.4 Å². The van der Waals surface area contributed by atoms with Crippen molar-refractivity contribution in [3.05, 3.63) is 21.9 Å². The van der Waals surface area contributed by atoms with Gasteiger partial charge in [0.15, 0.2) is 0 Å². The molecule has 1 N–H and O–H groups in total. The van der Waals surface area contributed by atoms with E-state index in [0.29, 0.717) is 10.8 Å². The van der Waals surface area contributed by atoms with Crippen molar-refractivity contribution < 1.29 is 23.9 Å². The molecule has 7 nitrogen and oxygen atoms in total. The maximum absolute atomic E-state index is 12.5. The van der Waals surface area contributed by atoms with Gasteiger partial charge in [-0.3, -0.25) is 9.59 Å². The lowest BCUT2D eigenvalue weighted by atomic mass is 9.92. The fourth-order valence-corrected chi connectivity index (χ4v) is 6.31. The van der Waals surface area contributed by atoms with Crippen LogP contribution in [-0.4, -0.2) is 53.7 Å². The van der Waals surface area contributed by atoms with Crippen LogP contribution >= 0.6 is 22.7 Å². The summed E-state index contributed by atoms with van der Waals surface area (Å²) >= 11 is 3.23. The number of likely N-dealkylation sites (tertiary alicyclic amines) is 1. The van der Waals surface area contributed by atoms with E-state index in [9.17, 15) is 14.4 Å². The van der Waals surface area contributed by atoms with Crippen molar-refractivity contribution in [2.45, 2.75) is 84.8 Å². The first-order chi connectivity index (χ1) is 16.3. The van der Waals surface area contributed by atoms with Crippen LogP contribution in [0.4, 0.5) is 4.79 Å². The highest BCUT2D eigenvalue weighted by Crippen LogP contribution is 2.35. The standard InChI is InChI=1S/C26H38N2O5S2/c1-25(2,3)32-22(29)9-12-27-23(30)21-16-20-19(35-21)15-18(34-20)8-7-17-10-13-28(14-11-17)24(31)33-26(4,5)6/h15-17H,7-14H2,1-6H3,(H,27,30). The average Bonchev–Trinajstić information content (AvgIpc) is 3.29. The Labute approximate surface area is 216 Å². The van der Waals surface area contributed by atoms with E-state index in [-0.39, 0.29) is 30.9 Å². The third kappa shape index (κ3) is 8.79. The predicted molar refractivity (Wildman–Crippen MR) is 141 cm³/mol. The largest absolute Gasteiger partial charge is 0.460 e. The molecule has 2 aromatic rings. The lowest BCUT2D eigenvalue weighted by Crippen LogP contribution is -2.41. The van der Waals surface area contributed by atoms with E-state index in [1.807, 2.05) is 52.5 Å². The number of esters is 1. The number of thiophene rings is 2. The van der Waals surface area contributed by atoms with Crippen molar-refractivity contribution in [2.24, 2.45) is 5.92 Å². The zero-order valence-electron chi connectivity index (χ0n) is 21.7. The van der Waals surface area contributed by atoms with Crippen molar-refractivity contribution in [3.63, 3.8) is 0 Å². The van der Waals surface area contributed by atoms with Crippen molar-refractivity contribution in [2.75, 3.05) is 19.6 Å². The second-order valence-corrected chi connectivity index (χ2v) is 13.3. The Morgan fingerprint density at radius 1 is 0.971 bits per heavy atom. The fraction of sp³-hybridized carbons (Fsp3) is 0.654. The Morgan fingerprint density at radius 3 is 2.20 bits per heavy atom. The maximum atomic E-state index is 12.5. The van der Waals surface area contributed by atoms with Gasteiger partial charge in [-0.25, -0.2) is 4.79 Å². The van der Waals surface area contributed by atoms with Crippen LogP contribution in [-0.2, 0) is 20.7 Å². The number of amides is 2. The van der Waals surface area contributed by atoms with Crippen LogP contribution in [0.25, 0.3) is 9.40 Å². The first-order valence-electron chi connectivity index (χ1n) is 12.3. The first kappa shape index (κ1) is 27.5. The number of fused-ring (bicyclic) bond motifs is 1. The zero-order valence-corrected chi connectivity index (χ0v) is 23.3. The molecule has 194 valence electrons. The lowest BCUT2D eigenvalue weighted by Gasteiger charge is -2.33. The monoisotopic (exact) mass is 522 g/mol. The van der Waals surface area contributed by atoms with Crippen molar-refractivity contribution >= 4 is 50.0 Å². The molecule has 0 spiro atoms. The lowest BCUT2D eigenvalue weighted by molar-refractivity contribution is -0.154. The molecule has 0 bridgehead atoms. The summed E-state index contributed by atoms with van der Waals surface area (Å²) in [6.45, 7) is 12.9. The molecule has 2 aromatic heterocycles. The Hall–Kier alpha value is -2.13. The number of carbonyl (C=O) groups is 3. The van der Waals surface area contributed by atoms with E-state index < -0.39 is 11.2 Å². The number of nitrogens with one attached hydrogen (secondary N) is 1. The predicted octanol–water partition coefficient (Wildman–Crippen LogP) is 6.00. The van der Waals surface area contributed by atoms with E-state index in [0.717, 1.165) is 48.2 Å². The minimum Gasteiger partial charge on any atom is -0.460 e.